The maximum atomic E-state index is 12.7. The molecule has 0 bridgehead atoms. The van der Waals surface area contributed by atoms with Crippen LogP contribution in [0.1, 0.15) is 40.4 Å². The number of ketones is 1. The van der Waals surface area contributed by atoms with Crippen LogP contribution in [0.25, 0.3) is 0 Å². The molecule has 9 heteroatoms. The van der Waals surface area contributed by atoms with Crippen molar-refractivity contribution >= 4 is 21.3 Å². The fourth-order valence-corrected chi connectivity index (χ4v) is 3.22. The molecule has 0 amide bonds. The number of aromatic nitrogens is 1. The van der Waals surface area contributed by atoms with E-state index in [1.165, 1.54) is 6.20 Å². The molecule has 0 radical (unpaired) electrons. The summed E-state index contributed by atoms with van der Waals surface area (Å²) in [5.74, 6) is -0.00698. The summed E-state index contributed by atoms with van der Waals surface area (Å²) in [6, 6.07) is 3.15. The van der Waals surface area contributed by atoms with Gasteiger partial charge in [-0.2, -0.15) is 0 Å². The van der Waals surface area contributed by atoms with Gasteiger partial charge in [0, 0.05) is 29.9 Å². The normalized spacial score (nSPS) is 14.7. The first-order chi connectivity index (χ1) is 10.8. The van der Waals surface area contributed by atoms with Gasteiger partial charge in [-0.1, -0.05) is 5.16 Å². The van der Waals surface area contributed by atoms with E-state index >= 15 is 0 Å². The number of hydrogen-bond acceptors (Lipinski definition) is 7. The predicted octanol–water partition coefficient (Wildman–Crippen LogP) is 2.09. The second-order valence-corrected chi connectivity index (χ2v) is 7.40. The highest BCUT2D eigenvalue weighted by Gasteiger charge is 2.34. The molecule has 8 nitrogen and oxygen atoms in total. The van der Waals surface area contributed by atoms with E-state index in [2.05, 4.69) is 5.16 Å². The van der Waals surface area contributed by atoms with E-state index in [0.29, 0.717) is 5.76 Å². The number of nitrogens with zero attached hydrogens (tertiary/aromatic N) is 2. The third kappa shape index (κ3) is 2.87. The first kappa shape index (κ1) is 15.3. The largest absolute Gasteiger partial charge is 0.360 e. The number of nitro groups is 1. The van der Waals surface area contributed by atoms with Crippen molar-refractivity contribution in [2.45, 2.75) is 23.7 Å². The molecule has 2 aromatic rings. The van der Waals surface area contributed by atoms with Crippen LogP contribution in [-0.2, 0) is 9.84 Å². The van der Waals surface area contributed by atoms with Gasteiger partial charge in [0.2, 0.25) is 0 Å². The highest BCUT2D eigenvalue weighted by atomic mass is 32.2. The molecule has 1 heterocycles. The monoisotopic (exact) mass is 336 g/mol. The number of non-ortho nitro benzene ring substituents is 1. The van der Waals surface area contributed by atoms with Crippen molar-refractivity contribution < 1.29 is 22.7 Å². The molecular weight excluding hydrogens is 324 g/mol. The molecule has 1 aromatic heterocycles. The van der Waals surface area contributed by atoms with Gasteiger partial charge in [-0.05, 0) is 18.9 Å². The molecule has 120 valence electrons. The molecule has 0 aliphatic heterocycles. The number of hydrogen-bond donors (Lipinski definition) is 0. The molecular formula is C14H12N2O6S. The zero-order valence-electron chi connectivity index (χ0n) is 12.1. The Morgan fingerprint density at radius 3 is 2.61 bits per heavy atom. The number of nitro benzene ring substituents is 1. The summed E-state index contributed by atoms with van der Waals surface area (Å²) in [5, 5.41) is 14.5. The molecule has 1 aliphatic rings. The number of rotatable bonds is 5. The Kier molecular flexibility index (Phi) is 3.52. The zero-order chi connectivity index (χ0) is 16.8. The fraction of sp³-hybridized carbons (Fsp3) is 0.286. The van der Waals surface area contributed by atoms with Gasteiger partial charge in [0.15, 0.2) is 21.4 Å². The van der Waals surface area contributed by atoms with E-state index in [-0.39, 0.29) is 21.9 Å². The van der Waals surface area contributed by atoms with E-state index in [0.717, 1.165) is 37.3 Å². The average molecular weight is 336 g/mol. The number of benzene rings is 1. The molecule has 0 unspecified atom stereocenters. The van der Waals surface area contributed by atoms with Gasteiger partial charge in [-0.25, -0.2) is 8.42 Å². The topological polar surface area (TPSA) is 120 Å². The Hall–Kier alpha value is -2.55. The van der Waals surface area contributed by atoms with Crippen molar-refractivity contribution in [2.24, 2.45) is 0 Å². The smallest absolute Gasteiger partial charge is 0.270 e. The van der Waals surface area contributed by atoms with Crippen molar-refractivity contribution in [3.05, 3.63) is 51.4 Å². The van der Waals surface area contributed by atoms with E-state index < -0.39 is 26.2 Å². The van der Waals surface area contributed by atoms with Gasteiger partial charge in [0.1, 0.15) is 0 Å². The van der Waals surface area contributed by atoms with Crippen molar-refractivity contribution in [2.75, 3.05) is 6.26 Å². The van der Waals surface area contributed by atoms with Crippen LogP contribution >= 0.6 is 0 Å². The van der Waals surface area contributed by atoms with Crippen molar-refractivity contribution in [3.8, 4) is 0 Å². The third-order valence-electron chi connectivity index (χ3n) is 3.61. The van der Waals surface area contributed by atoms with Crippen LogP contribution in [0.15, 0.2) is 33.8 Å². The van der Waals surface area contributed by atoms with E-state index in [1.807, 2.05) is 0 Å². The van der Waals surface area contributed by atoms with E-state index in [9.17, 15) is 23.3 Å². The Balaban J connectivity index is 2.13. The van der Waals surface area contributed by atoms with Crippen LogP contribution in [0, 0.1) is 10.1 Å². The number of sulfone groups is 1. The van der Waals surface area contributed by atoms with Gasteiger partial charge in [0.25, 0.3) is 5.69 Å². The Morgan fingerprint density at radius 2 is 2.04 bits per heavy atom. The Morgan fingerprint density at radius 1 is 1.35 bits per heavy atom. The Labute approximate surface area is 131 Å². The van der Waals surface area contributed by atoms with Crippen molar-refractivity contribution in [1.29, 1.82) is 0 Å². The predicted molar refractivity (Wildman–Crippen MR) is 78.1 cm³/mol. The SMILES string of the molecule is CS(=O)(=O)c1cc([N+](=O)[O-])ccc1C(=O)c1cnoc1C1CC1. The minimum absolute atomic E-state index is 0.121. The first-order valence-electron chi connectivity index (χ1n) is 6.77. The zero-order valence-corrected chi connectivity index (χ0v) is 12.9. The van der Waals surface area contributed by atoms with Crippen LogP contribution in [-0.4, -0.2) is 30.5 Å². The average Bonchev–Trinajstić information content (AvgIpc) is 3.22. The number of carbonyl (C=O) groups is 1. The molecule has 23 heavy (non-hydrogen) atoms. The van der Waals surface area contributed by atoms with Gasteiger partial charge in [-0.3, -0.25) is 14.9 Å². The summed E-state index contributed by atoms with van der Waals surface area (Å²) in [5.41, 5.74) is -0.316. The first-order valence-corrected chi connectivity index (χ1v) is 8.66. The van der Waals surface area contributed by atoms with Crippen LogP contribution < -0.4 is 0 Å². The molecule has 1 aromatic carbocycles. The van der Waals surface area contributed by atoms with Gasteiger partial charge < -0.3 is 4.52 Å². The van der Waals surface area contributed by atoms with Crippen molar-refractivity contribution in [3.63, 3.8) is 0 Å². The highest BCUT2D eigenvalue weighted by molar-refractivity contribution is 7.90. The second kappa shape index (κ2) is 5.27. The maximum absolute atomic E-state index is 12.7. The summed E-state index contributed by atoms with van der Waals surface area (Å²) in [6.07, 6.45) is 3.92. The molecule has 3 rings (SSSR count). The lowest BCUT2D eigenvalue weighted by Gasteiger charge is -2.06. The lowest BCUT2D eigenvalue weighted by molar-refractivity contribution is -0.385. The van der Waals surface area contributed by atoms with E-state index in [1.54, 1.807) is 0 Å². The van der Waals surface area contributed by atoms with Gasteiger partial charge >= 0.3 is 0 Å². The Bertz CT molecular complexity index is 911. The standard InChI is InChI=1S/C14H12N2O6S/c1-23(20,21)12-6-9(16(18)19)4-5-10(12)13(17)11-7-15-22-14(11)8-2-3-8/h4-8H,2-3H2,1H3. The minimum Gasteiger partial charge on any atom is -0.360 e. The van der Waals surface area contributed by atoms with Crippen LogP contribution in [0.4, 0.5) is 5.69 Å². The molecule has 1 aliphatic carbocycles. The summed E-state index contributed by atoms with van der Waals surface area (Å²) in [7, 11) is -3.82. The second-order valence-electron chi connectivity index (χ2n) is 5.42. The molecule has 0 atom stereocenters. The van der Waals surface area contributed by atoms with Crippen LogP contribution in [0.3, 0.4) is 0 Å². The van der Waals surface area contributed by atoms with Crippen molar-refractivity contribution in [1.82, 2.24) is 5.16 Å². The third-order valence-corrected chi connectivity index (χ3v) is 4.75. The summed E-state index contributed by atoms with van der Waals surface area (Å²) in [6.45, 7) is 0. The minimum atomic E-state index is -3.82. The lowest BCUT2D eigenvalue weighted by Crippen LogP contribution is -2.10. The van der Waals surface area contributed by atoms with Crippen LogP contribution in [0.2, 0.25) is 0 Å². The summed E-state index contributed by atoms with van der Waals surface area (Å²) >= 11 is 0. The maximum Gasteiger partial charge on any atom is 0.270 e. The molecule has 0 saturated heterocycles. The summed E-state index contributed by atoms with van der Waals surface area (Å²) < 4.78 is 28.9. The highest BCUT2D eigenvalue weighted by Crippen LogP contribution is 2.42. The summed E-state index contributed by atoms with van der Waals surface area (Å²) in [4.78, 5) is 22.4. The molecule has 1 saturated carbocycles. The molecule has 0 N–H and O–H groups in total. The molecule has 1 fully saturated rings. The molecule has 0 spiro atoms. The quantitative estimate of drug-likeness (QED) is 0.465. The number of carbonyl (C=O) groups excluding carboxylic acids is 1. The van der Waals surface area contributed by atoms with Crippen LogP contribution in [0.5, 0.6) is 0 Å². The van der Waals surface area contributed by atoms with Gasteiger partial charge in [-0.15, -0.1) is 0 Å². The van der Waals surface area contributed by atoms with E-state index in [4.69, 9.17) is 4.52 Å². The lowest BCUT2D eigenvalue weighted by atomic mass is 10.0. The van der Waals surface area contributed by atoms with Gasteiger partial charge in [0.05, 0.1) is 21.6 Å². The fourth-order valence-electron chi connectivity index (χ4n) is 2.32.